The maximum Gasteiger partial charge on any atom is 0.308 e. The van der Waals surface area contributed by atoms with Crippen LogP contribution in [0.15, 0.2) is 54.6 Å². The van der Waals surface area contributed by atoms with Crippen molar-refractivity contribution >= 4 is 23.2 Å². The van der Waals surface area contributed by atoms with E-state index in [0.29, 0.717) is 11.3 Å². The molecule has 2 atom stereocenters. The first-order chi connectivity index (χ1) is 12.5. The van der Waals surface area contributed by atoms with E-state index in [2.05, 4.69) is 19.2 Å². The van der Waals surface area contributed by atoms with Crippen LogP contribution < -0.4 is 5.32 Å². The molecular formula is C22H23NO3. The normalized spacial score (nSPS) is 19.2. The number of rotatable bonds is 4. The van der Waals surface area contributed by atoms with Crippen LogP contribution in [0.25, 0.3) is 11.3 Å². The van der Waals surface area contributed by atoms with Gasteiger partial charge >= 0.3 is 5.97 Å². The quantitative estimate of drug-likeness (QED) is 0.662. The summed E-state index contributed by atoms with van der Waals surface area (Å²) in [7, 11) is 0. The Morgan fingerprint density at radius 2 is 1.69 bits per heavy atom. The maximum absolute atomic E-state index is 12.6. The second kappa shape index (κ2) is 7.56. The highest BCUT2D eigenvalue weighted by molar-refractivity contribution is 6.08. The van der Waals surface area contributed by atoms with Crippen LogP contribution >= 0.6 is 0 Å². The zero-order valence-electron chi connectivity index (χ0n) is 15.3. The van der Waals surface area contributed by atoms with Gasteiger partial charge in [-0.1, -0.05) is 68.8 Å². The molecule has 3 rings (SSSR count). The SMILES string of the molecule is CC[C@H](C)[C@@H]1NC(=O)c2ccccc2/C1=C(/OC(C)=O)c1ccccc1. The number of carbonyl (C=O) groups is 2. The summed E-state index contributed by atoms with van der Waals surface area (Å²) in [5.74, 6) is 0.228. The molecule has 2 aromatic carbocycles. The summed E-state index contributed by atoms with van der Waals surface area (Å²) in [5, 5.41) is 3.11. The van der Waals surface area contributed by atoms with Crippen molar-refractivity contribution in [1.29, 1.82) is 0 Å². The molecule has 4 heteroatoms. The third kappa shape index (κ3) is 3.40. The minimum atomic E-state index is -0.381. The number of esters is 1. The summed E-state index contributed by atoms with van der Waals surface area (Å²) < 4.78 is 5.68. The molecule has 0 saturated carbocycles. The van der Waals surface area contributed by atoms with Gasteiger partial charge in [0.2, 0.25) is 0 Å². The Morgan fingerprint density at radius 1 is 1.08 bits per heavy atom. The Bertz CT molecular complexity index is 855. The molecule has 0 fully saturated rings. The van der Waals surface area contributed by atoms with E-state index in [1.807, 2.05) is 48.5 Å². The van der Waals surface area contributed by atoms with Gasteiger partial charge < -0.3 is 10.1 Å². The van der Waals surface area contributed by atoms with Crippen molar-refractivity contribution in [2.24, 2.45) is 5.92 Å². The Morgan fingerprint density at radius 3 is 2.31 bits per heavy atom. The average Bonchev–Trinajstić information content (AvgIpc) is 2.66. The molecule has 1 N–H and O–H groups in total. The first kappa shape index (κ1) is 17.9. The highest BCUT2D eigenvalue weighted by Crippen LogP contribution is 2.38. The third-order valence-electron chi connectivity index (χ3n) is 4.80. The highest BCUT2D eigenvalue weighted by Gasteiger charge is 2.35. The lowest BCUT2D eigenvalue weighted by molar-refractivity contribution is -0.134. The van der Waals surface area contributed by atoms with Gasteiger partial charge in [0.25, 0.3) is 5.91 Å². The van der Waals surface area contributed by atoms with Gasteiger partial charge in [0.15, 0.2) is 0 Å². The van der Waals surface area contributed by atoms with Crippen LogP contribution in [0.3, 0.4) is 0 Å². The fourth-order valence-corrected chi connectivity index (χ4v) is 3.30. The van der Waals surface area contributed by atoms with Gasteiger partial charge in [0.1, 0.15) is 5.76 Å². The molecule has 0 aliphatic carbocycles. The van der Waals surface area contributed by atoms with Crippen LogP contribution in [-0.4, -0.2) is 17.9 Å². The molecule has 2 aromatic rings. The molecule has 0 spiro atoms. The van der Waals surface area contributed by atoms with Crippen LogP contribution in [-0.2, 0) is 9.53 Å². The van der Waals surface area contributed by atoms with E-state index in [0.717, 1.165) is 23.1 Å². The Labute approximate surface area is 153 Å². The van der Waals surface area contributed by atoms with Gasteiger partial charge in [-0.25, -0.2) is 0 Å². The van der Waals surface area contributed by atoms with Crippen molar-refractivity contribution in [2.75, 3.05) is 0 Å². The van der Waals surface area contributed by atoms with E-state index in [1.165, 1.54) is 6.92 Å². The highest BCUT2D eigenvalue weighted by atomic mass is 16.5. The summed E-state index contributed by atoms with van der Waals surface area (Å²) in [6.45, 7) is 5.58. The van der Waals surface area contributed by atoms with Crippen molar-refractivity contribution in [2.45, 2.75) is 33.2 Å². The smallest absolute Gasteiger partial charge is 0.308 e. The Hall–Kier alpha value is -2.88. The lowest BCUT2D eigenvalue weighted by atomic mass is 9.81. The van der Waals surface area contributed by atoms with Gasteiger partial charge in [-0.2, -0.15) is 0 Å². The minimum Gasteiger partial charge on any atom is -0.426 e. The molecular weight excluding hydrogens is 326 g/mol. The summed E-state index contributed by atoms with van der Waals surface area (Å²) in [6, 6.07) is 16.8. The summed E-state index contributed by atoms with van der Waals surface area (Å²) >= 11 is 0. The average molecular weight is 349 g/mol. The number of nitrogens with one attached hydrogen (secondary N) is 1. The van der Waals surface area contributed by atoms with Crippen molar-refractivity contribution in [3.05, 3.63) is 71.3 Å². The summed E-state index contributed by atoms with van der Waals surface area (Å²) in [6.07, 6.45) is 0.888. The lowest BCUT2D eigenvalue weighted by Gasteiger charge is -2.34. The molecule has 1 aliphatic rings. The van der Waals surface area contributed by atoms with E-state index in [1.54, 1.807) is 6.07 Å². The minimum absolute atomic E-state index is 0.0927. The number of carbonyl (C=O) groups excluding carboxylic acids is 2. The van der Waals surface area contributed by atoms with Crippen LogP contribution in [0, 0.1) is 5.92 Å². The van der Waals surface area contributed by atoms with Gasteiger partial charge in [0.05, 0.1) is 6.04 Å². The number of hydrogen-bond acceptors (Lipinski definition) is 3. The van der Waals surface area contributed by atoms with Crippen molar-refractivity contribution in [3.63, 3.8) is 0 Å². The lowest BCUT2D eigenvalue weighted by Crippen LogP contribution is -2.44. The van der Waals surface area contributed by atoms with Crippen LogP contribution in [0.4, 0.5) is 0 Å². The van der Waals surface area contributed by atoms with E-state index in [9.17, 15) is 9.59 Å². The number of hydrogen-bond donors (Lipinski definition) is 1. The summed E-state index contributed by atoms with van der Waals surface area (Å²) in [4.78, 5) is 24.5. The first-order valence-corrected chi connectivity index (χ1v) is 8.91. The molecule has 4 nitrogen and oxygen atoms in total. The molecule has 0 unspecified atom stereocenters. The van der Waals surface area contributed by atoms with Crippen molar-refractivity contribution < 1.29 is 14.3 Å². The molecule has 1 amide bonds. The van der Waals surface area contributed by atoms with Gasteiger partial charge in [-0.3, -0.25) is 9.59 Å². The van der Waals surface area contributed by atoms with Gasteiger partial charge in [-0.15, -0.1) is 0 Å². The molecule has 26 heavy (non-hydrogen) atoms. The predicted octanol–water partition coefficient (Wildman–Crippen LogP) is 4.28. The number of benzene rings is 2. The van der Waals surface area contributed by atoms with Crippen molar-refractivity contribution in [1.82, 2.24) is 5.32 Å². The molecule has 0 bridgehead atoms. The van der Waals surface area contributed by atoms with Crippen LogP contribution in [0.5, 0.6) is 0 Å². The Kier molecular flexibility index (Phi) is 5.21. The monoisotopic (exact) mass is 349 g/mol. The first-order valence-electron chi connectivity index (χ1n) is 8.91. The fourth-order valence-electron chi connectivity index (χ4n) is 3.30. The number of fused-ring (bicyclic) bond motifs is 1. The third-order valence-corrected chi connectivity index (χ3v) is 4.80. The van der Waals surface area contributed by atoms with E-state index < -0.39 is 0 Å². The Balaban J connectivity index is 2.32. The zero-order valence-corrected chi connectivity index (χ0v) is 15.3. The predicted molar refractivity (Wildman–Crippen MR) is 102 cm³/mol. The number of ether oxygens (including phenoxy) is 1. The van der Waals surface area contributed by atoms with E-state index in [-0.39, 0.29) is 23.8 Å². The summed E-state index contributed by atoms with van der Waals surface area (Å²) in [5.41, 5.74) is 3.09. The number of amides is 1. The molecule has 0 radical (unpaired) electrons. The molecule has 0 saturated heterocycles. The standard InChI is InChI=1S/C22H23NO3/c1-4-14(2)20-19(17-12-8-9-13-18(17)22(25)23-20)21(26-15(3)24)16-10-6-5-7-11-16/h5-14,20H,4H2,1-3H3,(H,23,25)/b21-19-/t14-,20-/m0/s1. The van der Waals surface area contributed by atoms with Crippen LogP contribution in [0.2, 0.25) is 0 Å². The van der Waals surface area contributed by atoms with Crippen molar-refractivity contribution in [3.8, 4) is 0 Å². The second-order valence-electron chi connectivity index (χ2n) is 6.58. The molecule has 1 aliphatic heterocycles. The fraction of sp³-hybridized carbons (Fsp3) is 0.273. The molecule has 134 valence electrons. The van der Waals surface area contributed by atoms with Crippen LogP contribution in [0.1, 0.15) is 48.7 Å². The second-order valence-corrected chi connectivity index (χ2v) is 6.58. The zero-order chi connectivity index (χ0) is 18.7. The largest absolute Gasteiger partial charge is 0.426 e. The van der Waals surface area contributed by atoms with E-state index in [4.69, 9.17) is 4.74 Å². The molecule has 1 heterocycles. The topological polar surface area (TPSA) is 55.4 Å². The molecule has 0 aromatic heterocycles. The van der Waals surface area contributed by atoms with E-state index >= 15 is 0 Å². The maximum atomic E-state index is 12.6. The van der Waals surface area contributed by atoms with Gasteiger partial charge in [0, 0.05) is 23.6 Å². The van der Waals surface area contributed by atoms with Gasteiger partial charge in [-0.05, 0) is 17.5 Å².